The van der Waals surface area contributed by atoms with Gasteiger partial charge in [-0.15, -0.1) is 9.24 Å². The number of piperidine rings is 1. The number of carbonyl (C=O) groups is 1. The quantitative estimate of drug-likeness (QED) is 0.202. The zero-order valence-corrected chi connectivity index (χ0v) is 23.0. The molecule has 0 aliphatic carbocycles. The van der Waals surface area contributed by atoms with Crippen molar-refractivity contribution >= 4 is 54.6 Å². The lowest BCUT2D eigenvalue weighted by atomic mass is 10.1. The van der Waals surface area contributed by atoms with E-state index in [4.69, 9.17) is 5.73 Å². The lowest BCUT2D eigenvalue weighted by molar-refractivity contribution is 0.104. The van der Waals surface area contributed by atoms with Gasteiger partial charge in [0.2, 0.25) is 5.78 Å². The largest absolute Gasteiger partial charge is 0.382 e. The third kappa shape index (κ3) is 6.84. The number of thiazole rings is 1. The van der Waals surface area contributed by atoms with Gasteiger partial charge in [-0.3, -0.25) is 9.69 Å². The molecule has 6 nitrogen and oxygen atoms in total. The highest BCUT2D eigenvalue weighted by atomic mass is 32.2. The van der Waals surface area contributed by atoms with E-state index in [1.165, 1.54) is 22.3 Å². The van der Waals surface area contributed by atoms with Gasteiger partial charge in [0.1, 0.15) is 16.5 Å². The van der Waals surface area contributed by atoms with Crippen LogP contribution in [-0.2, 0) is 0 Å². The van der Waals surface area contributed by atoms with Crippen LogP contribution in [0, 0.1) is 17.7 Å². The molecule has 2 aromatic carbocycles. The van der Waals surface area contributed by atoms with Gasteiger partial charge in [-0.1, -0.05) is 35.3 Å². The van der Waals surface area contributed by atoms with Gasteiger partial charge in [0.25, 0.3) is 0 Å². The van der Waals surface area contributed by atoms with Crippen LogP contribution in [0.3, 0.4) is 0 Å². The summed E-state index contributed by atoms with van der Waals surface area (Å²) in [6.45, 7) is 2.59. The monoisotopic (exact) mass is 541 g/mol. The van der Waals surface area contributed by atoms with Crippen molar-refractivity contribution in [3.05, 3.63) is 64.3 Å². The van der Waals surface area contributed by atoms with Crippen LogP contribution in [0.2, 0.25) is 0 Å². The highest BCUT2D eigenvalue weighted by Crippen LogP contribution is 2.31. The van der Waals surface area contributed by atoms with Crippen molar-refractivity contribution in [1.29, 1.82) is 0 Å². The van der Waals surface area contributed by atoms with Crippen molar-refractivity contribution in [3.63, 3.8) is 0 Å². The van der Waals surface area contributed by atoms with Gasteiger partial charge >= 0.3 is 0 Å². The average molecular weight is 542 g/mol. The first-order valence-electron chi connectivity index (χ1n) is 11.6. The Bertz CT molecular complexity index is 1260. The van der Waals surface area contributed by atoms with Gasteiger partial charge < -0.3 is 11.1 Å². The molecule has 3 N–H and O–H groups in total. The van der Waals surface area contributed by atoms with Crippen LogP contribution in [0.15, 0.2) is 47.4 Å². The number of carbonyl (C=O) groups excluding carboxylic acids is 1. The summed E-state index contributed by atoms with van der Waals surface area (Å²) in [5.41, 5.74) is 7.07. The highest BCUT2D eigenvalue weighted by molar-refractivity contribution is 7.97. The number of ketones is 1. The molecule has 1 aliphatic heterocycles. The smallest absolute Gasteiger partial charge is 0.210 e. The van der Waals surface area contributed by atoms with Crippen molar-refractivity contribution in [2.45, 2.75) is 23.8 Å². The zero-order valence-electron chi connectivity index (χ0n) is 20.3. The molecule has 1 aliphatic rings. The number of halogens is 1. The summed E-state index contributed by atoms with van der Waals surface area (Å²) < 4.78 is 16.6. The molecule has 36 heavy (non-hydrogen) atoms. The Balaban J connectivity index is 1.30. The number of anilines is 2. The lowest BCUT2D eigenvalue weighted by Gasteiger charge is -2.31. The summed E-state index contributed by atoms with van der Waals surface area (Å²) in [7, 11) is 6.41. The van der Waals surface area contributed by atoms with Crippen LogP contribution < -0.4 is 16.4 Å². The van der Waals surface area contributed by atoms with Gasteiger partial charge in [0.15, 0.2) is 5.13 Å². The Hall–Kier alpha value is -2.47. The summed E-state index contributed by atoms with van der Waals surface area (Å²) in [6.07, 6.45) is 1.87. The van der Waals surface area contributed by atoms with Gasteiger partial charge in [-0.05, 0) is 74.5 Å². The molecule has 4 rings (SSSR count). The molecular weight excluding hydrogens is 512 g/mol. The predicted octanol–water partition coefficient (Wildman–Crippen LogP) is 4.09. The summed E-state index contributed by atoms with van der Waals surface area (Å²) in [5.74, 6) is 5.46. The summed E-state index contributed by atoms with van der Waals surface area (Å²) in [6, 6.07) is 13.1. The van der Waals surface area contributed by atoms with E-state index in [2.05, 4.69) is 60.0 Å². The standard InChI is InChI=1S/C26H29FN5OPS2/c1-31(2)14-4-5-17-8-10-19(11-9-17)36-32-15-12-18(13-16-32)29-26-30-25(28)24(35-26)23(33)22-20(27)6-3-7-21(22)34/h3,6-11,18H,12-16,28,34H2,1-2H3,(H,29,30). The van der Waals surface area contributed by atoms with Gasteiger partial charge in [-0.25, -0.2) is 13.7 Å². The van der Waals surface area contributed by atoms with E-state index >= 15 is 0 Å². The number of benzene rings is 2. The molecule has 1 fully saturated rings. The average Bonchev–Trinajstić information content (AvgIpc) is 3.21. The fourth-order valence-electron chi connectivity index (χ4n) is 3.76. The first kappa shape index (κ1) is 26.6. The molecule has 1 atom stereocenters. The topological polar surface area (TPSA) is 74.5 Å². The van der Waals surface area contributed by atoms with Crippen LogP contribution >= 0.6 is 32.5 Å². The van der Waals surface area contributed by atoms with Gasteiger partial charge in [0, 0.05) is 29.6 Å². The zero-order chi connectivity index (χ0) is 25.7. The minimum atomic E-state index is -0.563. The van der Waals surface area contributed by atoms with Crippen LogP contribution in [0.5, 0.6) is 0 Å². The summed E-state index contributed by atoms with van der Waals surface area (Å²) in [5, 5.41) is 4.51. The Morgan fingerprint density at radius 1 is 1.28 bits per heavy atom. The predicted molar refractivity (Wildman–Crippen MR) is 152 cm³/mol. The second kappa shape index (κ2) is 12.2. The normalized spacial score (nSPS) is 14.5. The molecule has 0 amide bonds. The van der Waals surface area contributed by atoms with E-state index in [0.29, 0.717) is 10.4 Å². The maximum Gasteiger partial charge on any atom is 0.210 e. The first-order chi connectivity index (χ1) is 17.3. The van der Waals surface area contributed by atoms with E-state index in [0.717, 1.165) is 38.0 Å². The van der Waals surface area contributed by atoms with E-state index in [-0.39, 0.29) is 22.3 Å². The van der Waals surface area contributed by atoms with Crippen LogP contribution in [-0.4, -0.2) is 59.7 Å². The van der Waals surface area contributed by atoms with E-state index in [1.54, 1.807) is 24.1 Å². The van der Waals surface area contributed by atoms with E-state index < -0.39 is 11.6 Å². The third-order valence-electron chi connectivity index (χ3n) is 5.63. The molecule has 10 heteroatoms. The molecule has 0 radical (unpaired) electrons. The van der Waals surface area contributed by atoms with Crippen molar-refractivity contribution in [3.8, 4) is 11.8 Å². The molecule has 1 unspecified atom stereocenters. The maximum atomic E-state index is 14.3. The number of hydrogen-bond donors (Lipinski definition) is 2. The molecule has 0 saturated carbocycles. The molecule has 1 aromatic heterocycles. The number of rotatable bonds is 7. The summed E-state index contributed by atoms with van der Waals surface area (Å²) >= 11 is 2.94. The first-order valence-corrected chi connectivity index (χ1v) is 13.7. The minimum absolute atomic E-state index is 0.0170. The lowest BCUT2D eigenvalue weighted by Crippen LogP contribution is -2.35. The third-order valence-corrected chi connectivity index (χ3v) is 8.22. The second-order valence-corrected chi connectivity index (χ2v) is 11.6. The second-order valence-electron chi connectivity index (χ2n) is 8.77. The van der Waals surface area contributed by atoms with E-state index in [9.17, 15) is 9.18 Å². The van der Waals surface area contributed by atoms with Crippen molar-refractivity contribution in [2.75, 3.05) is 44.8 Å². The molecule has 188 valence electrons. The van der Waals surface area contributed by atoms with Crippen molar-refractivity contribution in [2.24, 2.45) is 0 Å². The van der Waals surface area contributed by atoms with E-state index in [1.807, 2.05) is 19.0 Å². The van der Waals surface area contributed by atoms with Crippen LogP contribution in [0.1, 0.15) is 33.6 Å². The van der Waals surface area contributed by atoms with Crippen LogP contribution in [0.25, 0.3) is 0 Å². The Morgan fingerprint density at radius 3 is 2.67 bits per heavy atom. The maximum absolute atomic E-state index is 14.3. The molecule has 3 aromatic rings. The Morgan fingerprint density at radius 2 is 2.00 bits per heavy atom. The van der Waals surface area contributed by atoms with Gasteiger partial charge in [0.05, 0.1) is 12.1 Å². The molecular formula is C26H29FN5OPS2. The van der Waals surface area contributed by atoms with Crippen LogP contribution in [0.4, 0.5) is 15.3 Å². The Labute approximate surface area is 222 Å². The number of nitrogens with one attached hydrogen (secondary N) is 1. The molecule has 0 spiro atoms. The number of nitrogen functional groups attached to an aromatic ring is 1. The molecule has 2 heterocycles. The minimum Gasteiger partial charge on any atom is -0.382 e. The fraction of sp³-hybridized carbons (Fsp3) is 0.308. The highest BCUT2D eigenvalue weighted by Gasteiger charge is 2.25. The Kier molecular flexibility index (Phi) is 9.00. The van der Waals surface area contributed by atoms with Crippen molar-refractivity contribution < 1.29 is 9.18 Å². The number of hydrogen-bond acceptors (Lipinski definition) is 8. The number of aromatic nitrogens is 1. The van der Waals surface area contributed by atoms with Gasteiger partial charge in [-0.2, -0.15) is 0 Å². The number of nitrogens with zero attached hydrogens (tertiary/aromatic N) is 3. The number of nitrogens with two attached hydrogens (primary N) is 1. The SMILES string of the molecule is CN(C)CC#Cc1ccc(SN2CCC(Nc3nc(N)c(C(=O)c4c(F)cccc4P)s3)CC2)cc1. The summed E-state index contributed by atoms with van der Waals surface area (Å²) in [4.78, 5) is 20.8. The molecule has 0 bridgehead atoms. The fourth-order valence-corrected chi connectivity index (χ4v) is 6.00. The molecule has 1 saturated heterocycles. The van der Waals surface area contributed by atoms with Crippen molar-refractivity contribution in [1.82, 2.24) is 14.2 Å².